The molecule has 0 spiro atoms. The number of hydrogen-bond acceptors (Lipinski definition) is 4. The van der Waals surface area contributed by atoms with E-state index >= 15 is 0 Å². The van der Waals surface area contributed by atoms with Gasteiger partial charge in [0.1, 0.15) is 11.9 Å². The zero-order valence-electron chi connectivity index (χ0n) is 14.5. The van der Waals surface area contributed by atoms with Gasteiger partial charge in [0.05, 0.1) is 12.7 Å². The third-order valence-corrected chi connectivity index (χ3v) is 4.80. The average molecular weight is 332 g/mol. The van der Waals surface area contributed by atoms with Gasteiger partial charge in [-0.15, -0.1) is 0 Å². The minimum Gasteiger partial charge on any atom is -0.490 e. The number of hydrogen-bond donors (Lipinski definition) is 1. The predicted molar refractivity (Wildman–Crippen MR) is 93.3 cm³/mol. The number of rotatable bonds is 6. The molecule has 5 heteroatoms. The van der Waals surface area contributed by atoms with Crippen LogP contribution >= 0.6 is 0 Å². The summed E-state index contributed by atoms with van der Waals surface area (Å²) in [6, 6.07) is 8.24. The predicted octanol–water partition coefficient (Wildman–Crippen LogP) is 2.00. The molecule has 1 saturated carbocycles. The number of carbonyl (C=O) groups excluding carboxylic acids is 1. The summed E-state index contributed by atoms with van der Waals surface area (Å²) in [4.78, 5) is 14.2. The molecule has 1 atom stereocenters. The van der Waals surface area contributed by atoms with Crippen LogP contribution in [0.3, 0.4) is 0 Å². The first-order valence-corrected chi connectivity index (χ1v) is 9.04. The first-order valence-electron chi connectivity index (χ1n) is 9.04. The Morgan fingerprint density at radius 3 is 2.75 bits per heavy atom. The Hall–Kier alpha value is -1.59. The van der Waals surface area contributed by atoms with Crippen LogP contribution in [0.15, 0.2) is 24.3 Å². The smallest absolute Gasteiger partial charge is 0.250 e. The zero-order valence-corrected chi connectivity index (χ0v) is 14.5. The molecular formula is C19H28N2O3. The third kappa shape index (κ3) is 4.95. The molecule has 1 amide bonds. The van der Waals surface area contributed by atoms with Gasteiger partial charge in [0.15, 0.2) is 0 Å². The molecule has 24 heavy (non-hydrogen) atoms. The standard InChI is InChI=1S/C19H28N2O3/c1-21-12-13-23-18(14-21)19(22)20-11-10-15-6-8-17(9-7-15)24-16-4-2-3-5-16/h6-9,16,18H,2-5,10-14H2,1H3,(H,20,22)/t18-/m1/s1. The molecule has 2 aliphatic rings. The van der Waals surface area contributed by atoms with E-state index < -0.39 is 0 Å². The molecule has 132 valence electrons. The van der Waals surface area contributed by atoms with E-state index in [1.165, 1.54) is 31.2 Å². The summed E-state index contributed by atoms with van der Waals surface area (Å²) in [5.41, 5.74) is 1.20. The molecule has 0 aromatic heterocycles. The zero-order chi connectivity index (χ0) is 16.8. The Kier molecular flexibility index (Phi) is 6.10. The number of amides is 1. The van der Waals surface area contributed by atoms with Crippen molar-refractivity contribution in [2.75, 3.05) is 33.3 Å². The third-order valence-electron chi connectivity index (χ3n) is 4.80. The van der Waals surface area contributed by atoms with Crippen LogP contribution in [0.4, 0.5) is 0 Å². The Morgan fingerprint density at radius 2 is 2.04 bits per heavy atom. The quantitative estimate of drug-likeness (QED) is 0.866. The minimum absolute atomic E-state index is 0.0114. The molecule has 1 aromatic rings. The largest absolute Gasteiger partial charge is 0.490 e. The van der Waals surface area contributed by atoms with Gasteiger partial charge in [-0.25, -0.2) is 0 Å². The Morgan fingerprint density at radius 1 is 1.29 bits per heavy atom. The van der Waals surface area contributed by atoms with Crippen LogP contribution in [0.25, 0.3) is 0 Å². The maximum absolute atomic E-state index is 12.1. The number of nitrogens with zero attached hydrogens (tertiary/aromatic N) is 1. The van der Waals surface area contributed by atoms with Crippen molar-refractivity contribution in [3.05, 3.63) is 29.8 Å². The lowest BCUT2D eigenvalue weighted by Crippen LogP contribution is -2.48. The van der Waals surface area contributed by atoms with E-state index in [0.717, 1.165) is 18.7 Å². The van der Waals surface area contributed by atoms with Crippen LogP contribution in [0.5, 0.6) is 5.75 Å². The lowest BCUT2D eigenvalue weighted by atomic mass is 10.1. The van der Waals surface area contributed by atoms with E-state index in [0.29, 0.717) is 25.8 Å². The van der Waals surface area contributed by atoms with E-state index in [9.17, 15) is 4.79 Å². The fourth-order valence-corrected chi connectivity index (χ4v) is 3.31. The second-order valence-electron chi connectivity index (χ2n) is 6.83. The van der Waals surface area contributed by atoms with Crippen LogP contribution in [-0.4, -0.2) is 56.3 Å². The molecule has 2 fully saturated rings. The molecule has 0 bridgehead atoms. The number of benzene rings is 1. The summed E-state index contributed by atoms with van der Waals surface area (Å²) in [6.45, 7) is 2.81. The van der Waals surface area contributed by atoms with E-state index in [4.69, 9.17) is 9.47 Å². The van der Waals surface area contributed by atoms with Gasteiger partial charge in [-0.3, -0.25) is 4.79 Å². The summed E-state index contributed by atoms with van der Waals surface area (Å²) in [5.74, 6) is 0.941. The fourth-order valence-electron chi connectivity index (χ4n) is 3.31. The SMILES string of the molecule is CN1CCO[C@@H](C(=O)NCCc2ccc(OC3CCCC3)cc2)C1. The van der Waals surface area contributed by atoms with Crippen LogP contribution < -0.4 is 10.1 Å². The van der Waals surface area contributed by atoms with Gasteiger partial charge in [0.2, 0.25) is 5.91 Å². The van der Waals surface area contributed by atoms with Crippen molar-refractivity contribution in [1.82, 2.24) is 10.2 Å². The van der Waals surface area contributed by atoms with E-state index in [1.54, 1.807) is 0 Å². The summed E-state index contributed by atoms with van der Waals surface area (Å²) in [5, 5.41) is 2.97. The molecule has 5 nitrogen and oxygen atoms in total. The molecule has 1 aromatic carbocycles. The molecule has 0 unspecified atom stereocenters. The fraction of sp³-hybridized carbons (Fsp3) is 0.632. The maximum Gasteiger partial charge on any atom is 0.250 e. The van der Waals surface area contributed by atoms with Crippen LogP contribution in [0.1, 0.15) is 31.2 Å². The molecule has 3 rings (SSSR count). The summed E-state index contributed by atoms with van der Waals surface area (Å²) in [7, 11) is 2.01. The molecule has 1 aliphatic carbocycles. The first kappa shape index (κ1) is 17.2. The molecule has 1 aliphatic heterocycles. The van der Waals surface area contributed by atoms with E-state index in [2.05, 4.69) is 22.3 Å². The van der Waals surface area contributed by atoms with Gasteiger partial charge in [0, 0.05) is 19.6 Å². The number of morpholine rings is 1. The number of likely N-dealkylation sites (N-methyl/N-ethyl adjacent to an activating group) is 1. The van der Waals surface area contributed by atoms with Crippen molar-refractivity contribution in [3.8, 4) is 5.75 Å². The van der Waals surface area contributed by atoms with Crippen molar-refractivity contribution in [2.45, 2.75) is 44.3 Å². The molecule has 0 radical (unpaired) electrons. The van der Waals surface area contributed by atoms with Crippen LogP contribution in [-0.2, 0) is 16.0 Å². The van der Waals surface area contributed by atoms with Crippen molar-refractivity contribution in [3.63, 3.8) is 0 Å². The second kappa shape index (κ2) is 8.49. The monoisotopic (exact) mass is 332 g/mol. The topological polar surface area (TPSA) is 50.8 Å². The van der Waals surface area contributed by atoms with Gasteiger partial charge in [-0.2, -0.15) is 0 Å². The molecular weight excluding hydrogens is 304 g/mol. The normalized spacial score (nSPS) is 22.5. The molecule has 1 heterocycles. The first-order chi connectivity index (χ1) is 11.7. The molecule has 1 N–H and O–H groups in total. The number of ether oxygens (including phenoxy) is 2. The average Bonchev–Trinajstić information content (AvgIpc) is 3.09. The summed E-state index contributed by atoms with van der Waals surface area (Å²) >= 11 is 0. The van der Waals surface area contributed by atoms with Crippen LogP contribution in [0, 0.1) is 0 Å². The highest BCUT2D eigenvalue weighted by molar-refractivity contribution is 5.81. The van der Waals surface area contributed by atoms with Gasteiger partial charge < -0.3 is 19.7 Å². The lowest BCUT2D eigenvalue weighted by molar-refractivity contribution is -0.137. The summed E-state index contributed by atoms with van der Waals surface area (Å²) in [6.07, 6.45) is 5.78. The maximum atomic E-state index is 12.1. The van der Waals surface area contributed by atoms with Crippen LogP contribution in [0.2, 0.25) is 0 Å². The lowest BCUT2D eigenvalue weighted by Gasteiger charge is -2.29. The van der Waals surface area contributed by atoms with E-state index in [1.807, 2.05) is 19.2 Å². The van der Waals surface area contributed by atoms with Crippen molar-refractivity contribution < 1.29 is 14.3 Å². The van der Waals surface area contributed by atoms with Crippen molar-refractivity contribution >= 4 is 5.91 Å². The van der Waals surface area contributed by atoms with Gasteiger partial charge in [0.25, 0.3) is 0 Å². The van der Waals surface area contributed by atoms with Gasteiger partial charge in [-0.05, 0) is 56.8 Å². The number of carbonyl (C=O) groups is 1. The highest BCUT2D eigenvalue weighted by Crippen LogP contribution is 2.24. The Balaban J connectivity index is 1.39. The van der Waals surface area contributed by atoms with Crippen molar-refractivity contribution in [2.24, 2.45) is 0 Å². The van der Waals surface area contributed by atoms with E-state index in [-0.39, 0.29) is 12.0 Å². The van der Waals surface area contributed by atoms with Crippen molar-refractivity contribution in [1.29, 1.82) is 0 Å². The van der Waals surface area contributed by atoms with Gasteiger partial charge in [-0.1, -0.05) is 12.1 Å². The molecule has 1 saturated heterocycles. The number of nitrogens with one attached hydrogen (secondary N) is 1. The Labute approximate surface area is 144 Å². The van der Waals surface area contributed by atoms with Gasteiger partial charge >= 0.3 is 0 Å². The highest BCUT2D eigenvalue weighted by Gasteiger charge is 2.24. The summed E-state index contributed by atoms with van der Waals surface area (Å²) < 4.78 is 11.5. The minimum atomic E-state index is -0.342. The second-order valence-corrected chi connectivity index (χ2v) is 6.83. The highest BCUT2D eigenvalue weighted by atomic mass is 16.5. The Bertz CT molecular complexity index is 526.